The van der Waals surface area contributed by atoms with Crippen LogP contribution in [0.25, 0.3) is 0 Å². The fraction of sp³-hybridized carbons (Fsp3) is 0.467. The number of rotatable bonds is 3. The number of ether oxygens (including phenoxy) is 1. The Kier molecular flexibility index (Phi) is 4.22. The van der Waals surface area contributed by atoms with E-state index < -0.39 is 21.9 Å². The third kappa shape index (κ3) is 2.96. The van der Waals surface area contributed by atoms with Crippen LogP contribution in [-0.4, -0.2) is 49.4 Å². The van der Waals surface area contributed by atoms with Gasteiger partial charge in [-0.3, -0.25) is 9.59 Å². The van der Waals surface area contributed by atoms with Gasteiger partial charge in [0, 0.05) is 19.2 Å². The number of fused-ring (bicyclic) bond motifs is 1. The molecule has 24 heavy (non-hydrogen) atoms. The molecule has 1 fully saturated rings. The molecule has 0 aliphatic carbocycles. The first kappa shape index (κ1) is 16.7. The molecule has 0 unspecified atom stereocenters. The molecular formula is C15H18N2O6S. The van der Waals surface area contributed by atoms with Crippen LogP contribution in [0.4, 0.5) is 5.69 Å². The molecule has 8 nitrogen and oxygen atoms in total. The highest BCUT2D eigenvalue weighted by molar-refractivity contribution is 7.89. The first-order valence-corrected chi connectivity index (χ1v) is 9.03. The number of carbonyl (C=O) groups is 2. The molecule has 2 heterocycles. The maximum Gasteiger partial charge on any atom is 0.306 e. The van der Waals surface area contributed by atoms with Crippen molar-refractivity contribution >= 4 is 27.6 Å². The van der Waals surface area contributed by atoms with Gasteiger partial charge in [0.05, 0.1) is 16.5 Å². The Hall–Kier alpha value is -2.13. The summed E-state index contributed by atoms with van der Waals surface area (Å²) in [4.78, 5) is 22.5. The van der Waals surface area contributed by atoms with Crippen LogP contribution in [0.15, 0.2) is 17.0 Å². The number of carbonyl (C=O) groups excluding carboxylic acids is 1. The van der Waals surface area contributed by atoms with Gasteiger partial charge in [-0.2, -0.15) is 4.31 Å². The summed E-state index contributed by atoms with van der Waals surface area (Å²) in [7, 11) is -3.74. The summed E-state index contributed by atoms with van der Waals surface area (Å²) in [5.74, 6) is -1.35. The van der Waals surface area contributed by atoms with E-state index in [0.717, 1.165) is 0 Å². The number of nitrogens with zero attached hydrogens (tertiary/aromatic N) is 1. The Morgan fingerprint density at radius 1 is 1.33 bits per heavy atom. The standard InChI is InChI=1S/C15H18N2O6S/c1-9-6-11-12(23-8-14(18)16-11)7-13(9)24(21,22)17-4-2-10(3-5-17)15(19)20/h6-7,10H,2-5,8H2,1H3,(H,16,18)(H,19,20). The minimum absolute atomic E-state index is 0.117. The van der Waals surface area contributed by atoms with E-state index in [2.05, 4.69) is 5.32 Å². The average molecular weight is 354 g/mol. The first-order chi connectivity index (χ1) is 11.3. The summed E-state index contributed by atoms with van der Waals surface area (Å²) in [6, 6.07) is 2.99. The molecule has 0 saturated carbocycles. The molecule has 0 spiro atoms. The molecule has 1 aromatic carbocycles. The summed E-state index contributed by atoms with van der Waals surface area (Å²) in [6.45, 7) is 1.85. The van der Waals surface area contributed by atoms with Gasteiger partial charge in [-0.1, -0.05) is 0 Å². The van der Waals surface area contributed by atoms with Crippen molar-refractivity contribution in [2.45, 2.75) is 24.7 Å². The molecule has 2 aliphatic heterocycles. The van der Waals surface area contributed by atoms with Crippen molar-refractivity contribution in [2.24, 2.45) is 5.92 Å². The van der Waals surface area contributed by atoms with Crippen molar-refractivity contribution in [2.75, 3.05) is 25.0 Å². The Labute approximate surface area is 139 Å². The molecule has 1 saturated heterocycles. The van der Waals surface area contributed by atoms with E-state index in [9.17, 15) is 18.0 Å². The predicted octanol–water partition coefficient (Wildman–Crippen LogP) is 0.811. The second kappa shape index (κ2) is 6.06. The number of nitrogens with one attached hydrogen (secondary N) is 1. The minimum Gasteiger partial charge on any atom is -0.482 e. The number of aryl methyl sites for hydroxylation is 1. The molecule has 2 aliphatic rings. The van der Waals surface area contributed by atoms with Crippen molar-refractivity contribution in [3.8, 4) is 5.75 Å². The monoisotopic (exact) mass is 354 g/mol. The number of hydrogen-bond donors (Lipinski definition) is 2. The fourth-order valence-electron chi connectivity index (χ4n) is 2.98. The van der Waals surface area contributed by atoms with E-state index >= 15 is 0 Å². The van der Waals surface area contributed by atoms with Crippen molar-refractivity contribution in [3.05, 3.63) is 17.7 Å². The predicted molar refractivity (Wildman–Crippen MR) is 84.4 cm³/mol. The van der Waals surface area contributed by atoms with Crippen LogP contribution in [0.1, 0.15) is 18.4 Å². The third-order valence-corrected chi connectivity index (χ3v) is 6.37. The zero-order valence-corrected chi connectivity index (χ0v) is 13.9. The molecule has 1 aromatic rings. The van der Waals surface area contributed by atoms with E-state index in [1.165, 1.54) is 10.4 Å². The van der Waals surface area contributed by atoms with E-state index in [-0.39, 0.29) is 30.5 Å². The van der Waals surface area contributed by atoms with Crippen LogP contribution in [0.3, 0.4) is 0 Å². The summed E-state index contributed by atoms with van der Waals surface area (Å²) in [5, 5.41) is 11.7. The van der Waals surface area contributed by atoms with Crippen molar-refractivity contribution in [1.82, 2.24) is 4.31 Å². The van der Waals surface area contributed by atoms with Gasteiger partial charge < -0.3 is 15.2 Å². The zero-order valence-electron chi connectivity index (χ0n) is 13.1. The topological polar surface area (TPSA) is 113 Å². The van der Waals surface area contributed by atoms with E-state index in [1.807, 2.05) is 0 Å². The number of aliphatic carboxylic acids is 1. The van der Waals surface area contributed by atoms with Gasteiger partial charge in [-0.05, 0) is 31.4 Å². The lowest BCUT2D eigenvalue weighted by atomic mass is 9.99. The van der Waals surface area contributed by atoms with Crippen LogP contribution < -0.4 is 10.1 Å². The van der Waals surface area contributed by atoms with Gasteiger partial charge in [0.1, 0.15) is 5.75 Å². The smallest absolute Gasteiger partial charge is 0.306 e. The molecule has 2 N–H and O–H groups in total. The molecule has 130 valence electrons. The highest BCUT2D eigenvalue weighted by Gasteiger charge is 2.33. The molecule has 9 heteroatoms. The number of carboxylic acid groups (broad SMARTS) is 1. The van der Waals surface area contributed by atoms with Crippen LogP contribution in [0, 0.1) is 12.8 Å². The highest BCUT2D eigenvalue weighted by Crippen LogP contribution is 2.35. The number of benzene rings is 1. The van der Waals surface area contributed by atoms with E-state index in [0.29, 0.717) is 29.8 Å². The van der Waals surface area contributed by atoms with Gasteiger partial charge in [-0.15, -0.1) is 0 Å². The lowest BCUT2D eigenvalue weighted by Crippen LogP contribution is -2.40. The zero-order chi connectivity index (χ0) is 17.5. The molecule has 0 aromatic heterocycles. The van der Waals surface area contributed by atoms with E-state index in [1.54, 1.807) is 13.0 Å². The number of anilines is 1. The SMILES string of the molecule is Cc1cc2c(cc1S(=O)(=O)N1CCC(C(=O)O)CC1)OCC(=O)N2. The summed E-state index contributed by atoms with van der Waals surface area (Å²) >= 11 is 0. The van der Waals surface area contributed by atoms with Gasteiger partial charge in [-0.25, -0.2) is 8.42 Å². The van der Waals surface area contributed by atoms with E-state index in [4.69, 9.17) is 9.84 Å². The number of hydrogen-bond acceptors (Lipinski definition) is 5. The maximum atomic E-state index is 12.9. The van der Waals surface area contributed by atoms with Crippen LogP contribution in [0.5, 0.6) is 5.75 Å². The number of carboxylic acids is 1. The molecule has 3 rings (SSSR count). The van der Waals surface area contributed by atoms with Crippen molar-refractivity contribution < 1.29 is 27.9 Å². The van der Waals surface area contributed by atoms with Crippen molar-refractivity contribution in [1.29, 1.82) is 0 Å². The normalized spacial score (nSPS) is 19.3. The van der Waals surface area contributed by atoms with Crippen molar-refractivity contribution in [3.63, 3.8) is 0 Å². The molecule has 0 atom stereocenters. The molecule has 1 amide bonds. The lowest BCUT2D eigenvalue weighted by molar-refractivity contribution is -0.142. The number of amides is 1. The largest absolute Gasteiger partial charge is 0.482 e. The fourth-order valence-corrected chi connectivity index (χ4v) is 4.67. The van der Waals surface area contributed by atoms with Crippen LogP contribution in [0.2, 0.25) is 0 Å². The van der Waals surface area contributed by atoms with Gasteiger partial charge in [0.25, 0.3) is 5.91 Å². The highest BCUT2D eigenvalue weighted by atomic mass is 32.2. The summed E-state index contributed by atoms with van der Waals surface area (Å²) in [6.07, 6.45) is 0.593. The minimum atomic E-state index is -3.74. The second-order valence-corrected chi connectivity index (χ2v) is 7.87. The van der Waals surface area contributed by atoms with Crippen LogP contribution in [-0.2, 0) is 19.6 Å². The number of sulfonamides is 1. The molecule has 0 radical (unpaired) electrons. The molecular weight excluding hydrogens is 336 g/mol. The Morgan fingerprint density at radius 2 is 2.00 bits per heavy atom. The Bertz CT molecular complexity index is 796. The van der Waals surface area contributed by atoms with Gasteiger partial charge in [0.2, 0.25) is 10.0 Å². The first-order valence-electron chi connectivity index (χ1n) is 7.59. The van der Waals surface area contributed by atoms with Gasteiger partial charge >= 0.3 is 5.97 Å². The number of piperidine rings is 1. The quantitative estimate of drug-likeness (QED) is 0.830. The Morgan fingerprint density at radius 3 is 2.62 bits per heavy atom. The van der Waals surface area contributed by atoms with Crippen LogP contribution >= 0.6 is 0 Å². The average Bonchev–Trinajstić information content (AvgIpc) is 2.54. The molecule has 0 bridgehead atoms. The van der Waals surface area contributed by atoms with Gasteiger partial charge in [0.15, 0.2) is 6.61 Å². The maximum absolute atomic E-state index is 12.9. The summed E-state index contributed by atoms with van der Waals surface area (Å²) < 4.78 is 32.3. The second-order valence-electron chi connectivity index (χ2n) is 5.97. The lowest BCUT2D eigenvalue weighted by Gasteiger charge is -2.30. The Balaban J connectivity index is 1.88. The summed E-state index contributed by atoms with van der Waals surface area (Å²) in [5.41, 5.74) is 0.951. The third-order valence-electron chi connectivity index (χ3n) is 4.33.